The van der Waals surface area contributed by atoms with Gasteiger partial charge in [-0.1, -0.05) is 13.8 Å². The van der Waals surface area contributed by atoms with Crippen LogP contribution in [0.3, 0.4) is 0 Å². The summed E-state index contributed by atoms with van der Waals surface area (Å²) in [6.07, 6.45) is 1.96. The summed E-state index contributed by atoms with van der Waals surface area (Å²) in [4.78, 5) is 36.2. The van der Waals surface area contributed by atoms with Gasteiger partial charge in [0.25, 0.3) is 0 Å². The number of piperidine rings is 1. The van der Waals surface area contributed by atoms with Crippen LogP contribution in [-0.2, 0) is 9.59 Å². The summed E-state index contributed by atoms with van der Waals surface area (Å²) < 4.78 is 0. The molecule has 0 spiro atoms. The van der Waals surface area contributed by atoms with Crippen LogP contribution in [0.1, 0.15) is 39.5 Å². The van der Waals surface area contributed by atoms with Gasteiger partial charge >= 0.3 is 12.0 Å². The highest BCUT2D eigenvalue weighted by Gasteiger charge is 2.39. The van der Waals surface area contributed by atoms with Gasteiger partial charge in [-0.3, -0.25) is 4.79 Å². The molecule has 1 heterocycles. The first-order valence-corrected chi connectivity index (χ1v) is 6.96. The second-order valence-corrected chi connectivity index (χ2v) is 5.21. The summed E-state index contributed by atoms with van der Waals surface area (Å²) in [5.74, 6) is -1.74. The fraction of sp³-hybridized carbons (Fsp3) is 0.769. The molecule has 0 radical (unpaired) electrons. The van der Waals surface area contributed by atoms with E-state index in [-0.39, 0.29) is 12.5 Å². The Morgan fingerprint density at radius 3 is 2.40 bits per heavy atom. The van der Waals surface area contributed by atoms with Crippen LogP contribution in [0.5, 0.6) is 0 Å². The number of likely N-dealkylation sites (tertiary alicyclic amines) is 1. The molecule has 7 nitrogen and oxygen atoms in total. The molecule has 0 aromatic rings. The average molecular weight is 285 g/mol. The minimum atomic E-state index is -1.23. The minimum absolute atomic E-state index is 0.254. The van der Waals surface area contributed by atoms with E-state index in [0.717, 1.165) is 0 Å². The van der Waals surface area contributed by atoms with E-state index < -0.39 is 23.5 Å². The first-order chi connectivity index (χ1) is 9.36. The predicted octanol–water partition coefficient (Wildman–Crippen LogP) is 0.537. The van der Waals surface area contributed by atoms with Crippen LogP contribution >= 0.6 is 0 Å². The third-order valence-corrected chi connectivity index (χ3v) is 4.08. The van der Waals surface area contributed by atoms with E-state index in [4.69, 9.17) is 5.73 Å². The molecule has 1 fully saturated rings. The van der Waals surface area contributed by atoms with E-state index in [0.29, 0.717) is 32.2 Å². The molecule has 1 unspecified atom stereocenters. The van der Waals surface area contributed by atoms with Crippen molar-refractivity contribution in [3.05, 3.63) is 0 Å². The van der Waals surface area contributed by atoms with Gasteiger partial charge in [0.2, 0.25) is 5.91 Å². The number of amides is 3. The van der Waals surface area contributed by atoms with Crippen molar-refractivity contribution >= 4 is 17.9 Å². The first-order valence-electron chi connectivity index (χ1n) is 6.96. The molecule has 0 aromatic heterocycles. The predicted molar refractivity (Wildman–Crippen MR) is 73.0 cm³/mol. The Kier molecular flexibility index (Phi) is 5.35. The SMILES string of the molecule is CCC(CC)(NC(=O)C1CCCN(C(N)=O)C1)C(=O)O. The lowest BCUT2D eigenvalue weighted by Crippen LogP contribution is -2.57. The first kappa shape index (κ1) is 16.3. The fourth-order valence-corrected chi connectivity index (χ4v) is 2.51. The van der Waals surface area contributed by atoms with Gasteiger partial charge in [0.05, 0.1) is 5.92 Å². The van der Waals surface area contributed by atoms with Crippen molar-refractivity contribution in [1.29, 1.82) is 0 Å². The molecule has 1 saturated heterocycles. The number of hydrogen-bond acceptors (Lipinski definition) is 3. The lowest BCUT2D eigenvalue weighted by atomic mass is 9.90. The zero-order chi connectivity index (χ0) is 15.3. The van der Waals surface area contributed by atoms with Crippen molar-refractivity contribution < 1.29 is 19.5 Å². The van der Waals surface area contributed by atoms with Crippen LogP contribution < -0.4 is 11.1 Å². The Balaban J connectivity index is 2.74. The Morgan fingerprint density at radius 1 is 1.35 bits per heavy atom. The molecule has 1 aliphatic heterocycles. The molecular weight excluding hydrogens is 262 g/mol. The number of nitrogens with two attached hydrogens (primary N) is 1. The van der Waals surface area contributed by atoms with E-state index in [9.17, 15) is 19.5 Å². The number of nitrogens with one attached hydrogen (secondary N) is 1. The van der Waals surface area contributed by atoms with Gasteiger partial charge in [0.15, 0.2) is 0 Å². The second-order valence-electron chi connectivity index (χ2n) is 5.21. The highest BCUT2D eigenvalue weighted by atomic mass is 16.4. The number of rotatable bonds is 5. The van der Waals surface area contributed by atoms with Crippen LogP contribution in [0.4, 0.5) is 4.79 Å². The van der Waals surface area contributed by atoms with E-state index in [1.165, 1.54) is 4.90 Å². The zero-order valence-electron chi connectivity index (χ0n) is 12.0. The quantitative estimate of drug-likeness (QED) is 0.684. The number of hydrogen-bond donors (Lipinski definition) is 3. The molecule has 0 aromatic carbocycles. The number of primary amides is 1. The molecule has 114 valence electrons. The van der Waals surface area contributed by atoms with E-state index in [2.05, 4.69) is 5.32 Å². The Hall–Kier alpha value is -1.79. The largest absolute Gasteiger partial charge is 0.480 e. The lowest BCUT2D eigenvalue weighted by molar-refractivity contribution is -0.149. The summed E-state index contributed by atoms with van der Waals surface area (Å²) >= 11 is 0. The average Bonchev–Trinajstić information content (AvgIpc) is 2.44. The third-order valence-electron chi connectivity index (χ3n) is 4.08. The summed E-state index contributed by atoms with van der Waals surface area (Å²) in [5.41, 5.74) is 3.99. The van der Waals surface area contributed by atoms with Gasteiger partial charge in [0.1, 0.15) is 5.54 Å². The number of carboxylic acid groups (broad SMARTS) is 1. The maximum absolute atomic E-state index is 12.3. The van der Waals surface area contributed by atoms with Crippen LogP contribution in [0, 0.1) is 5.92 Å². The number of carboxylic acids is 1. The standard InChI is InChI=1S/C13H23N3O4/c1-3-13(4-2,11(18)19)15-10(17)9-6-5-7-16(8-9)12(14)20/h9H,3-8H2,1-2H3,(H2,14,20)(H,15,17)(H,18,19). The maximum Gasteiger partial charge on any atom is 0.329 e. The molecule has 1 aliphatic rings. The Bertz CT molecular complexity index is 393. The third kappa shape index (κ3) is 3.40. The highest BCUT2D eigenvalue weighted by Crippen LogP contribution is 2.20. The summed E-state index contributed by atoms with van der Waals surface area (Å²) in [6, 6.07) is -0.544. The molecule has 20 heavy (non-hydrogen) atoms. The lowest BCUT2D eigenvalue weighted by Gasteiger charge is -2.34. The Morgan fingerprint density at radius 2 is 1.95 bits per heavy atom. The number of nitrogens with zero attached hydrogens (tertiary/aromatic N) is 1. The number of aliphatic carboxylic acids is 1. The second kappa shape index (κ2) is 6.58. The smallest absolute Gasteiger partial charge is 0.329 e. The van der Waals surface area contributed by atoms with Gasteiger partial charge in [-0.25, -0.2) is 9.59 Å². The molecule has 1 atom stereocenters. The van der Waals surface area contributed by atoms with E-state index >= 15 is 0 Å². The van der Waals surface area contributed by atoms with Crippen LogP contribution in [0.15, 0.2) is 0 Å². The van der Waals surface area contributed by atoms with Crippen molar-refractivity contribution in [3.63, 3.8) is 0 Å². The van der Waals surface area contributed by atoms with Gasteiger partial charge in [-0.05, 0) is 25.7 Å². The number of urea groups is 1. The summed E-state index contributed by atoms with van der Waals surface area (Å²) in [7, 11) is 0. The zero-order valence-corrected chi connectivity index (χ0v) is 12.0. The maximum atomic E-state index is 12.3. The molecule has 4 N–H and O–H groups in total. The number of carbonyl (C=O) groups excluding carboxylic acids is 2. The van der Waals surface area contributed by atoms with Crippen LogP contribution in [-0.4, -0.2) is 46.5 Å². The summed E-state index contributed by atoms with van der Waals surface area (Å²) in [5, 5.41) is 12.0. The summed E-state index contributed by atoms with van der Waals surface area (Å²) in [6.45, 7) is 4.26. The van der Waals surface area contributed by atoms with Crippen molar-refractivity contribution in [2.75, 3.05) is 13.1 Å². The van der Waals surface area contributed by atoms with Crippen molar-refractivity contribution in [2.24, 2.45) is 11.7 Å². The normalized spacial score (nSPS) is 19.5. The molecule has 0 bridgehead atoms. The Labute approximate surface area is 118 Å². The van der Waals surface area contributed by atoms with Crippen molar-refractivity contribution in [1.82, 2.24) is 10.2 Å². The van der Waals surface area contributed by atoms with Gasteiger partial charge < -0.3 is 21.1 Å². The molecular formula is C13H23N3O4. The minimum Gasteiger partial charge on any atom is -0.480 e. The molecule has 1 rings (SSSR count). The highest BCUT2D eigenvalue weighted by molar-refractivity contribution is 5.88. The van der Waals surface area contributed by atoms with Gasteiger partial charge in [0, 0.05) is 13.1 Å². The number of carbonyl (C=O) groups is 3. The molecule has 3 amide bonds. The molecule has 0 aliphatic carbocycles. The van der Waals surface area contributed by atoms with Crippen LogP contribution in [0.25, 0.3) is 0 Å². The fourth-order valence-electron chi connectivity index (χ4n) is 2.51. The van der Waals surface area contributed by atoms with Crippen molar-refractivity contribution in [2.45, 2.75) is 45.1 Å². The van der Waals surface area contributed by atoms with E-state index in [1.54, 1.807) is 13.8 Å². The monoisotopic (exact) mass is 285 g/mol. The van der Waals surface area contributed by atoms with E-state index in [1.807, 2.05) is 0 Å². The molecule has 7 heteroatoms. The molecule has 0 saturated carbocycles. The van der Waals surface area contributed by atoms with Gasteiger partial charge in [-0.15, -0.1) is 0 Å². The van der Waals surface area contributed by atoms with Crippen LogP contribution in [0.2, 0.25) is 0 Å². The van der Waals surface area contributed by atoms with Gasteiger partial charge in [-0.2, -0.15) is 0 Å². The van der Waals surface area contributed by atoms with Crippen molar-refractivity contribution in [3.8, 4) is 0 Å². The topological polar surface area (TPSA) is 113 Å².